The van der Waals surface area contributed by atoms with Crippen molar-refractivity contribution in [2.45, 2.75) is 20.8 Å². The summed E-state index contributed by atoms with van der Waals surface area (Å²) in [6.45, 7) is 9.58. The Labute approximate surface area is 79.0 Å². The third-order valence-corrected chi connectivity index (χ3v) is 1.80. The van der Waals surface area contributed by atoms with Crippen molar-refractivity contribution >= 4 is 12.2 Å². The van der Waals surface area contributed by atoms with E-state index in [0.29, 0.717) is 0 Å². The molecule has 0 saturated heterocycles. The van der Waals surface area contributed by atoms with E-state index in [2.05, 4.69) is 16.5 Å². The summed E-state index contributed by atoms with van der Waals surface area (Å²) in [5.41, 5.74) is 2.96. The summed E-state index contributed by atoms with van der Waals surface area (Å²) in [7, 11) is 0. The fraction of sp³-hybridized carbons (Fsp3) is 0.273. The first kappa shape index (κ1) is 9.65. The normalized spacial score (nSPS) is 10.7. The summed E-state index contributed by atoms with van der Waals surface area (Å²) in [4.78, 5) is 8.58. The molecule has 0 atom stereocenters. The topological polar surface area (TPSA) is 25.8 Å². The Morgan fingerprint density at radius 1 is 1.23 bits per heavy atom. The van der Waals surface area contributed by atoms with Crippen LogP contribution in [-0.4, -0.2) is 9.97 Å². The van der Waals surface area contributed by atoms with Crippen LogP contribution in [-0.2, 0) is 0 Å². The Morgan fingerprint density at radius 3 is 2.46 bits per heavy atom. The van der Waals surface area contributed by atoms with Gasteiger partial charge in [-0.1, -0.05) is 18.7 Å². The molecule has 0 radical (unpaired) electrons. The summed E-state index contributed by atoms with van der Waals surface area (Å²) in [6, 6.07) is 0. The minimum atomic E-state index is 0.792. The lowest BCUT2D eigenvalue weighted by molar-refractivity contribution is 0.995. The summed E-state index contributed by atoms with van der Waals surface area (Å²) in [5, 5.41) is 0. The second kappa shape index (κ2) is 3.99. The van der Waals surface area contributed by atoms with Gasteiger partial charge in [0.1, 0.15) is 5.82 Å². The van der Waals surface area contributed by atoms with Crippen molar-refractivity contribution < 1.29 is 0 Å². The first-order valence-electron chi connectivity index (χ1n) is 4.29. The van der Waals surface area contributed by atoms with E-state index < -0.39 is 0 Å². The van der Waals surface area contributed by atoms with Gasteiger partial charge in [0.05, 0.1) is 5.69 Å². The van der Waals surface area contributed by atoms with Crippen molar-refractivity contribution in [1.82, 2.24) is 9.97 Å². The molecule has 1 aromatic heterocycles. The molecule has 0 N–H and O–H groups in total. The predicted octanol–water partition coefficient (Wildman–Crippen LogP) is 2.77. The van der Waals surface area contributed by atoms with Gasteiger partial charge in [0, 0.05) is 11.3 Å². The molecular weight excluding hydrogens is 160 g/mol. The summed E-state index contributed by atoms with van der Waals surface area (Å²) in [6.07, 6.45) is 5.75. The number of rotatable bonds is 2. The van der Waals surface area contributed by atoms with Gasteiger partial charge in [0.15, 0.2) is 0 Å². The van der Waals surface area contributed by atoms with Crippen LogP contribution in [0.3, 0.4) is 0 Å². The van der Waals surface area contributed by atoms with E-state index in [1.54, 1.807) is 6.08 Å². The van der Waals surface area contributed by atoms with Crippen LogP contribution in [0, 0.1) is 13.8 Å². The van der Waals surface area contributed by atoms with Crippen molar-refractivity contribution in [1.29, 1.82) is 0 Å². The second-order valence-corrected chi connectivity index (χ2v) is 2.86. The van der Waals surface area contributed by atoms with Gasteiger partial charge >= 0.3 is 0 Å². The number of nitrogens with zero attached hydrogens (tertiary/aromatic N) is 2. The lowest BCUT2D eigenvalue weighted by atomic mass is 10.1. The maximum absolute atomic E-state index is 4.29. The van der Waals surface area contributed by atoms with E-state index in [4.69, 9.17) is 0 Å². The van der Waals surface area contributed by atoms with Crippen LogP contribution >= 0.6 is 0 Å². The van der Waals surface area contributed by atoms with Crippen LogP contribution in [0.4, 0.5) is 0 Å². The van der Waals surface area contributed by atoms with E-state index in [0.717, 1.165) is 22.8 Å². The summed E-state index contributed by atoms with van der Waals surface area (Å²) in [5.74, 6) is 0.792. The highest BCUT2D eigenvalue weighted by Crippen LogP contribution is 2.13. The van der Waals surface area contributed by atoms with Gasteiger partial charge in [0.25, 0.3) is 0 Å². The average Bonchev–Trinajstić information content (AvgIpc) is 2.09. The van der Waals surface area contributed by atoms with Crippen LogP contribution < -0.4 is 0 Å². The molecule has 0 fully saturated rings. The zero-order valence-corrected chi connectivity index (χ0v) is 8.33. The predicted molar refractivity (Wildman–Crippen MR) is 56.3 cm³/mol. The molecule has 2 heteroatoms. The Balaban J connectivity index is 3.37. The minimum absolute atomic E-state index is 0.792. The van der Waals surface area contributed by atoms with Crippen molar-refractivity contribution in [2.24, 2.45) is 0 Å². The lowest BCUT2D eigenvalue weighted by Gasteiger charge is -2.04. The van der Waals surface area contributed by atoms with Crippen molar-refractivity contribution in [3.05, 3.63) is 35.4 Å². The number of aromatic nitrogens is 2. The Kier molecular flexibility index (Phi) is 2.96. The van der Waals surface area contributed by atoms with E-state index in [9.17, 15) is 0 Å². The number of hydrogen-bond donors (Lipinski definition) is 0. The van der Waals surface area contributed by atoms with Gasteiger partial charge in [-0.2, -0.15) is 0 Å². The van der Waals surface area contributed by atoms with Gasteiger partial charge in [0.2, 0.25) is 0 Å². The van der Waals surface area contributed by atoms with Crippen LogP contribution in [0.1, 0.15) is 29.7 Å². The molecule has 0 amide bonds. The molecule has 0 aliphatic heterocycles. The van der Waals surface area contributed by atoms with E-state index in [-0.39, 0.29) is 0 Å². The zero-order valence-electron chi connectivity index (χ0n) is 8.33. The van der Waals surface area contributed by atoms with Gasteiger partial charge in [-0.25, -0.2) is 9.97 Å². The molecule has 0 aromatic carbocycles. The van der Waals surface area contributed by atoms with E-state index >= 15 is 0 Å². The Hall–Kier alpha value is -1.44. The number of aryl methyl sites for hydroxylation is 2. The van der Waals surface area contributed by atoms with Crippen molar-refractivity contribution in [3.8, 4) is 0 Å². The lowest BCUT2D eigenvalue weighted by Crippen LogP contribution is -1.98. The smallest absolute Gasteiger partial charge is 0.126 e. The van der Waals surface area contributed by atoms with Crippen molar-refractivity contribution in [3.63, 3.8) is 0 Å². The van der Waals surface area contributed by atoms with Crippen LogP contribution in [0.25, 0.3) is 12.2 Å². The Bertz CT molecular complexity index is 351. The fourth-order valence-corrected chi connectivity index (χ4v) is 1.28. The van der Waals surface area contributed by atoms with Gasteiger partial charge < -0.3 is 0 Å². The number of hydrogen-bond acceptors (Lipinski definition) is 2. The molecule has 0 aliphatic carbocycles. The highest BCUT2D eigenvalue weighted by Gasteiger charge is 2.03. The molecule has 0 spiro atoms. The van der Waals surface area contributed by atoms with Crippen LogP contribution in [0.2, 0.25) is 0 Å². The summed E-state index contributed by atoms with van der Waals surface area (Å²) < 4.78 is 0. The highest BCUT2D eigenvalue weighted by molar-refractivity contribution is 5.62. The molecule has 0 aliphatic rings. The van der Waals surface area contributed by atoms with E-state index in [1.165, 1.54) is 0 Å². The largest absolute Gasteiger partial charge is 0.238 e. The van der Waals surface area contributed by atoms with Crippen LogP contribution in [0.15, 0.2) is 12.7 Å². The van der Waals surface area contributed by atoms with Gasteiger partial charge in [-0.3, -0.25) is 0 Å². The monoisotopic (exact) mass is 174 g/mol. The third kappa shape index (κ3) is 2.02. The standard InChI is InChI=1S/C11H14N2/c1-5-7-10-8(3)12-9(4)13-11(10)6-2/h5-7H,2H2,1,3-4H3/b7-5-. The quantitative estimate of drug-likeness (QED) is 0.689. The number of allylic oxidation sites excluding steroid dienone is 1. The molecule has 0 bridgehead atoms. The maximum atomic E-state index is 4.29. The molecule has 1 rings (SSSR count). The molecule has 1 aromatic rings. The van der Waals surface area contributed by atoms with E-state index in [1.807, 2.05) is 32.9 Å². The molecular formula is C11H14N2. The fourth-order valence-electron chi connectivity index (χ4n) is 1.28. The van der Waals surface area contributed by atoms with Gasteiger partial charge in [-0.15, -0.1) is 0 Å². The molecule has 2 nitrogen and oxygen atoms in total. The Morgan fingerprint density at radius 2 is 1.92 bits per heavy atom. The second-order valence-electron chi connectivity index (χ2n) is 2.86. The minimum Gasteiger partial charge on any atom is -0.238 e. The molecule has 1 heterocycles. The molecule has 0 saturated carbocycles. The van der Waals surface area contributed by atoms with Gasteiger partial charge in [-0.05, 0) is 26.8 Å². The first-order valence-corrected chi connectivity index (χ1v) is 4.29. The zero-order chi connectivity index (χ0) is 9.84. The maximum Gasteiger partial charge on any atom is 0.126 e. The third-order valence-electron chi connectivity index (χ3n) is 1.80. The first-order chi connectivity index (χ1) is 6.19. The average molecular weight is 174 g/mol. The molecule has 13 heavy (non-hydrogen) atoms. The van der Waals surface area contributed by atoms with Crippen molar-refractivity contribution in [2.75, 3.05) is 0 Å². The summed E-state index contributed by atoms with van der Waals surface area (Å²) >= 11 is 0. The van der Waals surface area contributed by atoms with Crippen LogP contribution in [0.5, 0.6) is 0 Å². The SMILES string of the molecule is C=Cc1nc(C)nc(C)c1/C=C\C. The molecule has 68 valence electrons. The molecule has 0 unspecified atom stereocenters. The highest BCUT2D eigenvalue weighted by atomic mass is 14.9.